The summed E-state index contributed by atoms with van der Waals surface area (Å²) in [6, 6.07) is 8.55. The van der Waals surface area contributed by atoms with E-state index in [9.17, 15) is 4.79 Å². The van der Waals surface area contributed by atoms with Gasteiger partial charge in [-0.15, -0.1) is 0 Å². The minimum absolute atomic E-state index is 0.343. The van der Waals surface area contributed by atoms with Gasteiger partial charge in [0.05, 0.1) is 17.7 Å². The molecule has 0 aromatic heterocycles. The molecular weight excluding hydrogens is 204 g/mol. The maximum atomic E-state index is 10.6. The minimum atomic E-state index is -0.668. The Labute approximate surface area is 94.0 Å². The fraction of sp³-hybridized carbons (Fsp3) is 0.273. The number of carbonyl (C=O) groups is 1. The normalized spacial score (nSPS) is 11.8. The molecule has 0 bridgehead atoms. The largest absolute Gasteiger partial charge is 0.368 e. The lowest BCUT2D eigenvalue weighted by Crippen LogP contribution is -2.44. The summed E-state index contributed by atoms with van der Waals surface area (Å²) in [7, 11) is 0. The second-order valence-corrected chi connectivity index (χ2v) is 3.45. The van der Waals surface area contributed by atoms with Crippen molar-refractivity contribution in [2.24, 2.45) is 11.5 Å². The van der Waals surface area contributed by atoms with Crippen LogP contribution in [0.1, 0.15) is 11.1 Å². The average Bonchev–Trinajstić information content (AvgIpc) is 2.29. The van der Waals surface area contributed by atoms with Crippen LogP contribution in [0, 0.1) is 11.3 Å². The molecule has 0 fully saturated rings. The minimum Gasteiger partial charge on any atom is -0.368 e. The van der Waals surface area contributed by atoms with E-state index in [0.29, 0.717) is 18.7 Å². The molecule has 0 aliphatic carbocycles. The first-order valence-corrected chi connectivity index (χ1v) is 4.88. The molecule has 0 aliphatic rings. The highest BCUT2D eigenvalue weighted by Gasteiger charge is 2.07. The summed E-state index contributed by atoms with van der Waals surface area (Å²) in [5.41, 5.74) is 12.1. The molecule has 0 spiro atoms. The number of nitriles is 1. The average molecular weight is 218 g/mol. The van der Waals surface area contributed by atoms with E-state index in [1.54, 1.807) is 12.1 Å². The number of carbonyl (C=O) groups excluding carboxylic acids is 1. The van der Waals surface area contributed by atoms with Gasteiger partial charge in [0.2, 0.25) is 5.91 Å². The topological polar surface area (TPSA) is 105 Å². The maximum Gasteiger partial charge on any atom is 0.235 e. The molecule has 0 saturated heterocycles. The van der Waals surface area contributed by atoms with Crippen LogP contribution in [0.5, 0.6) is 0 Å². The Morgan fingerprint density at radius 3 is 2.56 bits per heavy atom. The Kier molecular flexibility index (Phi) is 4.45. The van der Waals surface area contributed by atoms with Crippen molar-refractivity contribution in [1.29, 1.82) is 5.26 Å². The summed E-state index contributed by atoms with van der Waals surface area (Å²) in [4.78, 5) is 10.6. The van der Waals surface area contributed by atoms with Gasteiger partial charge in [-0.2, -0.15) is 5.26 Å². The first-order valence-electron chi connectivity index (χ1n) is 4.88. The van der Waals surface area contributed by atoms with Gasteiger partial charge in [0.25, 0.3) is 0 Å². The zero-order valence-corrected chi connectivity index (χ0v) is 8.81. The van der Waals surface area contributed by atoms with Gasteiger partial charge in [-0.25, -0.2) is 0 Å². The Bertz CT molecular complexity index is 393. The lowest BCUT2D eigenvalue weighted by Gasteiger charge is -2.08. The lowest BCUT2D eigenvalue weighted by molar-refractivity contribution is -0.119. The zero-order chi connectivity index (χ0) is 12.0. The number of benzene rings is 1. The molecule has 0 saturated carbocycles. The summed E-state index contributed by atoms with van der Waals surface area (Å²) >= 11 is 0. The van der Waals surface area contributed by atoms with Gasteiger partial charge in [0, 0.05) is 13.1 Å². The summed E-state index contributed by atoms with van der Waals surface area (Å²) in [6.45, 7) is 0.933. The Balaban J connectivity index is 2.38. The number of amides is 1. The molecule has 16 heavy (non-hydrogen) atoms. The molecule has 1 atom stereocenters. The van der Waals surface area contributed by atoms with E-state index in [-0.39, 0.29) is 0 Å². The number of nitrogens with two attached hydrogens (primary N) is 2. The molecule has 1 aromatic carbocycles. The monoisotopic (exact) mass is 218 g/mol. The summed E-state index contributed by atoms with van der Waals surface area (Å²) in [6.07, 6.45) is 0. The summed E-state index contributed by atoms with van der Waals surface area (Å²) in [5, 5.41) is 11.6. The third-order valence-electron chi connectivity index (χ3n) is 2.14. The standard InChI is InChI=1S/C11H14N4O/c12-5-8-1-3-9(4-2-8)6-15-7-10(13)11(14)16/h1-4,10,15H,6-7,13H2,(H2,14,16). The molecular formula is C11H14N4O. The number of nitrogens with zero attached hydrogens (tertiary/aromatic N) is 1. The van der Waals surface area contributed by atoms with E-state index in [2.05, 4.69) is 5.32 Å². The van der Waals surface area contributed by atoms with Gasteiger partial charge in [0.1, 0.15) is 0 Å². The molecule has 0 radical (unpaired) electrons. The van der Waals surface area contributed by atoms with E-state index in [1.807, 2.05) is 18.2 Å². The Morgan fingerprint density at radius 1 is 1.44 bits per heavy atom. The molecule has 0 aliphatic heterocycles. The fourth-order valence-corrected chi connectivity index (χ4v) is 1.17. The molecule has 1 aromatic rings. The van der Waals surface area contributed by atoms with Gasteiger partial charge in [-0.3, -0.25) is 4.79 Å². The number of nitrogens with one attached hydrogen (secondary N) is 1. The van der Waals surface area contributed by atoms with Crippen LogP contribution >= 0.6 is 0 Å². The second-order valence-electron chi connectivity index (χ2n) is 3.45. The molecule has 1 rings (SSSR count). The van der Waals surface area contributed by atoms with Crippen molar-refractivity contribution < 1.29 is 4.79 Å². The van der Waals surface area contributed by atoms with Crippen LogP contribution in [-0.2, 0) is 11.3 Å². The number of primary amides is 1. The predicted molar refractivity (Wildman–Crippen MR) is 60.0 cm³/mol. The summed E-state index contributed by atoms with van der Waals surface area (Å²) < 4.78 is 0. The molecule has 5 heteroatoms. The smallest absolute Gasteiger partial charge is 0.235 e. The van der Waals surface area contributed by atoms with E-state index in [0.717, 1.165) is 5.56 Å². The van der Waals surface area contributed by atoms with E-state index in [4.69, 9.17) is 16.7 Å². The zero-order valence-electron chi connectivity index (χ0n) is 8.81. The fourth-order valence-electron chi connectivity index (χ4n) is 1.17. The maximum absolute atomic E-state index is 10.6. The first-order chi connectivity index (χ1) is 7.63. The number of hydrogen-bond acceptors (Lipinski definition) is 4. The van der Waals surface area contributed by atoms with Crippen LogP contribution in [0.15, 0.2) is 24.3 Å². The van der Waals surface area contributed by atoms with Crippen molar-refractivity contribution in [3.05, 3.63) is 35.4 Å². The Hall–Kier alpha value is -1.90. The second kappa shape index (κ2) is 5.85. The highest BCUT2D eigenvalue weighted by Crippen LogP contribution is 2.02. The van der Waals surface area contributed by atoms with Crippen LogP contribution in [0.4, 0.5) is 0 Å². The SMILES string of the molecule is N#Cc1ccc(CNCC(N)C(N)=O)cc1. The number of rotatable bonds is 5. The van der Waals surface area contributed by atoms with E-state index >= 15 is 0 Å². The van der Waals surface area contributed by atoms with E-state index < -0.39 is 11.9 Å². The van der Waals surface area contributed by atoms with Crippen molar-refractivity contribution in [1.82, 2.24) is 5.32 Å². The third-order valence-corrected chi connectivity index (χ3v) is 2.14. The molecule has 0 heterocycles. The quantitative estimate of drug-likeness (QED) is 0.617. The van der Waals surface area contributed by atoms with Crippen molar-refractivity contribution in [2.45, 2.75) is 12.6 Å². The van der Waals surface area contributed by atoms with Gasteiger partial charge in [0.15, 0.2) is 0 Å². The van der Waals surface area contributed by atoms with Crippen molar-refractivity contribution in [2.75, 3.05) is 6.54 Å². The highest BCUT2D eigenvalue weighted by molar-refractivity contribution is 5.79. The van der Waals surface area contributed by atoms with Crippen LogP contribution in [0.3, 0.4) is 0 Å². The highest BCUT2D eigenvalue weighted by atomic mass is 16.1. The van der Waals surface area contributed by atoms with Crippen LogP contribution in [0.2, 0.25) is 0 Å². The van der Waals surface area contributed by atoms with E-state index in [1.165, 1.54) is 0 Å². The predicted octanol–water partition coefficient (Wildman–Crippen LogP) is -0.540. The molecule has 5 N–H and O–H groups in total. The van der Waals surface area contributed by atoms with Crippen LogP contribution in [0.25, 0.3) is 0 Å². The van der Waals surface area contributed by atoms with Crippen molar-refractivity contribution in [3.63, 3.8) is 0 Å². The number of hydrogen-bond donors (Lipinski definition) is 3. The van der Waals surface area contributed by atoms with Gasteiger partial charge in [-0.05, 0) is 17.7 Å². The van der Waals surface area contributed by atoms with Crippen molar-refractivity contribution >= 4 is 5.91 Å². The van der Waals surface area contributed by atoms with Crippen LogP contribution < -0.4 is 16.8 Å². The Morgan fingerprint density at radius 2 is 2.06 bits per heavy atom. The summed E-state index contributed by atoms with van der Waals surface area (Å²) in [5.74, 6) is -0.521. The third kappa shape index (κ3) is 3.69. The molecule has 84 valence electrons. The molecule has 1 amide bonds. The molecule has 5 nitrogen and oxygen atoms in total. The van der Waals surface area contributed by atoms with Gasteiger partial charge >= 0.3 is 0 Å². The first kappa shape index (κ1) is 12.2. The lowest BCUT2D eigenvalue weighted by atomic mass is 10.1. The van der Waals surface area contributed by atoms with Gasteiger partial charge < -0.3 is 16.8 Å². The van der Waals surface area contributed by atoms with Crippen molar-refractivity contribution in [3.8, 4) is 6.07 Å². The molecule has 1 unspecified atom stereocenters. The van der Waals surface area contributed by atoms with Crippen LogP contribution in [-0.4, -0.2) is 18.5 Å². The van der Waals surface area contributed by atoms with Gasteiger partial charge in [-0.1, -0.05) is 12.1 Å².